The Morgan fingerprint density at radius 3 is 2.15 bits per heavy atom. The van der Waals surface area contributed by atoms with Crippen LogP contribution >= 0.6 is 0 Å². The summed E-state index contributed by atoms with van der Waals surface area (Å²) in [6.07, 6.45) is 0. The Bertz CT molecular complexity index is 790. The Labute approximate surface area is 156 Å². The van der Waals surface area contributed by atoms with Gasteiger partial charge in [0.2, 0.25) is 0 Å². The Hall–Kier alpha value is -2.43. The van der Waals surface area contributed by atoms with Crippen LogP contribution in [0.3, 0.4) is 0 Å². The van der Waals surface area contributed by atoms with Gasteiger partial charge in [-0.1, -0.05) is 31.5 Å². The number of nitrogens with zero attached hydrogens (tertiary/aromatic N) is 4. The molecule has 0 N–H and O–H groups in total. The Balaban J connectivity index is 1.75. The van der Waals surface area contributed by atoms with Crippen molar-refractivity contribution < 1.29 is 4.79 Å². The second kappa shape index (κ2) is 7.44. The van der Waals surface area contributed by atoms with Crippen molar-refractivity contribution in [2.24, 2.45) is 0 Å². The predicted molar refractivity (Wildman–Crippen MR) is 105 cm³/mol. The third-order valence-electron chi connectivity index (χ3n) is 4.97. The average molecular weight is 352 g/mol. The molecule has 0 spiro atoms. The first kappa shape index (κ1) is 18.4. The molecule has 0 unspecified atom stereocenters. The lowest BCUT2D eigenvalue weighted by Crippen LogP contribution is -2.49. The number of hydrogen-bond acceptors (Lipinski definition) is 4. The van der Waals surface area contributed by atoms with E-state index >= 15 is 0 Å². The van der Waals surface area contributed by atoms with Gasteiger partial charge in [-0.2, -0.15) is 0 Å². The van der Waals surface area contributed by atoms with Gasteiger partial charge >= 0.3 is 0 Å². The molecule has 26 heavy (non-hydrogen) atoms. The van der Waals surface area contributed by atoms with Crippen molar-refractivity contribution in [2.75, 3.05) is 31.1 Å². The Kier molecular flexibility index (Phi) is 5.25. The van der Waals surface area contributed by atoms with Crippen LogP contribution in [0.4, 0.5) is 5.82 Å². The van der Waals surface area contributed by atoms with Crippen molar-refractivity contribution in [1.82, 2.24) is 14.9 Å². The fraction of sp³-hybridized carbons (Fsp3) is 0.476. The van der Waals surface area contributed by atoms with Gasteiger partial charge in [-0.05, 0) is 38.8 Å². The molecule has 1 amide bonds. The molecule has 138 valence electrons. The van der Waals surface area contributed by atoms with Gasteiger partial charge in [0.05, 0.1) is 0 Å². The topological polar surface area (TPSA) is 49.3 Å². The van der Waals surface area contributed by atoms with E-state index in [2.05, 4.69) is 30.7 Å². The van der Waals surface area contributed by atoms with Gasteiger partial charge in [-0.15, -0.1) is 0 Å². The molecule has 0 atom stereocenters. The fourth-order valence-corrected chi connectivity index (χ4v) is 3.62. The molecule has 0 aliphatic carbocycles. The first-order valence-electron chi connectivity index (χ1n) is 9.33. The maximum absolute atomic E-state index is 12.7. The second-order valence-corrected chi connectivity index (χ2v) is 7.39. The number of carbonyl (C=O) groups excluding carboxylic acids is 1. The van der Waals surface area contributed by atoms with Crippen LogP contribution in [-0.4, -0.2) is 47.0 Å². The molecule has 1 fully saturated rings. The van der Waals surface area contributed by atoms with E-state index in [0.717, 1.165) is 36.0 Å². The maximum Gasteiger partial charge on any atom is 0.253 e. The minimum absolute atomic E-state index is 0.115. The first-order valence-corrected chi connectivity index (χ1v) is 9.33. The summed E-state index contributed by atoms with van der Waals surface area (Å²) in [5.74, 6) is 2.33. The molecule has 2 heterocycles. The van der Waals surface area contributed by atoms with Crippen LogP contribution in [0.1, 0.15) is 52.8 Å². The van der Waals surface area contributed by atoms with Crippen LogP contribution in [-0.2, 0) is 0 Å². The summed E-state index contributed by atoms with van der Waals surface area (Å²) in [7, 11) is 0. The van der Waals surface area contributed by atoms with E-state index in [9.17, 15) is 4.79 Å². The molecule has 1 aliphatic heterocycles. The van der Waals surface area contributed by atoms with Crippen molar-refractivity contribution in [3.63, 3.8) is 0 Å². The van der Waals surface area contributed by atoms with Gasteiger partial charge in [0.25, 0.3) is 5.91 Å². The van der Waals surface area contributed by atoms with Crippen molar-refractivity contribution in [2.45, 2.75) is 40.5 Å². The molecule has 1 saturated heterocycles. The largest absolute Gasteiger partial charge is 0.353 e. The van der Waals surface area contributed by atoms with Gasteiger partial charge < -0.3 is 9.80 Å². The minimum atomic E-state index is 0.115. The fourth-order valence-electron chi connectivity index (χ4n) is 3.62. The van der Waals surface area contributed by atoms with Crippen LogP contribution in [0.25, 0.3) is 0 Å². The summed E-state index contributed by atoms with van der Waals surface area (Å²) in [4.78, 5) is 26.2. The third kappa shape index (κ3) is 3.71. The Morgan fingerprint density at radius 1 is 0.962 bits per heavy atom. The SMILES string of the molecule is Cc1ccc(C(=O)N2CCN(c3nc(C)nc(C)c3C(C)C)CC2)cc1. The summed E-state index contributed by atoms with van der Waals surface area (Å²) < 4.78 is 0. The molecule has 3 rings (SSSR count). The number of aryl methyl sites for hydroxylation is 3. The lowest BCUT2D eigenvalue weighted by Gasteiger charge is -2.37. The van der Waals surface area contributed by atoms with Gasteiger partial charge in [-0.3, -0.25) is 4.79 Å². The van der Waals surface area contributed by atoms with E-state index in [1.807, 2.05) is 43.0 Å². The molecule has 1 aliphatic rings. The smallest absolute Gasteiger partial charge is 0.253 e. The van der Waals surface area contributed by atoms with Gasteiger partial charge in [0.15, 0.2) is 0 Å². The highest BCUT2D eigenvalue weighted by molar-refractivity contribution is 5.94. The molecule has 0 radical (unpaired) electrons. The summed E-state index contributed by atoms with van der Waals surface area (Å²) >= 11 is 0. The van der Waals surface area contributed by atoms with Crippen LogP contribution in [0.5, 0.6) is 0 Å². The summed E-state index contributed by atoms with van der Waals surface area (Å²) in [5.41, 5.74) is 4.21. The minimum Gasteiger partial charge on any atom is -0.353 e. The van der Waals surface area contributed by atoms with E-state index in [1.54, 1.807) is 0 Å². The zero-order chi connectivity index (χ0) is 18.8. The number of amides is 1. The highest BCUT2D eigenvalue weighted by atomic mass is 16.2. The van der Waals surface area contributed by atoms with E-state index in [4.69, 9.17) is 4.98 Å². The Morgan fingerprint density at radius 2 is 1.58 bits per heavy atom. The lowest BCUT2D eigenvalue weighted by atomic mass is 10.0. The molecule has 5 heteroatoms. The van der Waals surface area contributed by atoms with E-state index in [1.165, 1.54) is 11.1 Å². The summed E-state index contributed by atoms with van der Waals surface area (Å²) in [5, 5.41) is 0. The van der Waals surface area contributed by atoms with Crippen LogP contribution in [0.15, 0.2) is 24.3 Å². The number of rotatable bonds is 3. The third-order valence-corrected chi connectivity index (χ3v) is 4.97. The van der Waals surface area contributed by atoms with Crippen LogP contribution in [0.2, 0.25) is 0 Å². The number of benzene rings is 1. The molecular weight excluding hydrogens is 324 g/mol. The normalized spacial score (nSPS) is 14.8. The number of aromatic nitrogens is 2. The molecule has 2 aromatic rings. The van der Waals surface area contributed by atoms with Crippen LogP contribution < -0.4 is 4.90 Å². The van der Waals surface area contributed by atoms with E-state index in [0.29, 0.717) is 19.0 Å². The first-order chi connectivity index (χ1) is 12.4. The molecule has 5 nitrogen and oxygen atoms in total. The molecule has 1 aromatic carbocycles. The number of anilines is 1. The van der Waals surface area contributed by atoms with E-state index < -0.39 is 0 Å². The zero-order valence-corrected chi connectivity index (χ0v) is 16.4. The molecular formula is C21H28N4O. The van der Waals surface area contributed by atoms with Gasteiger partial charge in [0, 0.05) is 43.0 Å². The summed E-state index contributed by atoms with van der Waals surface area (Å²) in [6.45, 7) is 13.4. The average Bonchev–Trinajstić information content (AvgIpc) is 2.61. The van der Waals surface area contributed by atoms with Gasteiger partial charge in [-0.25, -0.2) is 9.97 Å². The summed E-state index contributed by atoms with van der Waals surface area (Å²) in [6, 6.07) is 7.81. The highest BCUT2D eigenvalue weighted by Crippen LogP contribution is 2.29. The van der Waals surface area contributed by atoms with Crippen LogP contribution in [0, 0.1) is 20.8 Å². The van der Waals surface area contributed by atoms with Gasteiger partial charge in [0.1, 0.15) is 11.6 Å². The monoisotopic (exact) mass is 352 g/mol. The molecule has 1 aromatic heterocycles. The quantitative estimate of drug-likeness (QED) is 0.848. The van der Waals surface area contributed by atoms with Crippen molar-refractivity contribution in [3.8, 4) is 0 Å². The van der Waals surface area contributed by atoms with Crippen molar-refractivity contribution in [3.05, 3.63) is 52.5 Å². The molecule has 0 saturated carbocycles. The zero-order valence-electron chi connectivity index (χ0n) is 16.4. The second-order valence-electron chi connectivity index (χ2n) is 7.39. The van der Waals surface area contributed by atoms with Crippen molar-refractivity contribution >= 4 is 11.7 Å². The number of carbonyl (C=O) groups is 1. The maximum atomic E-state index is 12.7. The lowest BCUT2D eigenvalue weighted by molar-refractivity contribution is 0.0746. The molecule has 0 bridgehead atoms. The number of piperazine rings is 1. The standard InChI is InChI=1S/C21H28N4O/c1-14(2)19-16(4)22-17(5)23-20(19)24-10-12-25(13-11-24)21(26)18-8-6-15(3)7-9-18/h6-9,14H,10-13H2,1-5H3. The predicted octanol–water partition coefficient (Wildman–Crippen LogP) is 3.49. The number of hydrogen-bond donors (Lipinski definition) is 0. The van der Waals surface area contributed by atoms with Crippen molar-refractivity contribution in [1.29, 1.82) is 0 Å². The highest BCUT2D eigenvalue weighted by Gasteiger charge is 2.26. The van der Waals surface area contributed by atoms with E-state index in [-0.39, 0.29) is 5.91 Å².